The van der Waals surface area contributed by atoms with Crippen LogP contribution in [0.3, 0.4) is 0 Å². The average molecular weight is 422 g/mol. The van der Waals surface area contributed by atoms with Gasteiger partial charge in [-0.3, -0.25) is 14.2 Å². The molecule has 0 spiro atoms. The fourth-order valence-corrected chi connectivity index (χ4v) is 4.90. The number of fused-ring (bicyclic) bond motifs is 2. The molecule has 144 valence electrons. The van der Waals surface area contributed by atoms with Crippen LogP contribution in [0.15, 0.2) is 58.3 Å². The van der Waals surface area contributed by atoms with E-state index in [1.54, 1.807) is 11.3 Å². The molecule has 0 aliphatic heterocycles. The number of nitrogens with zero attached hydrogens (tertiary/aromatic N) is 3. The molecule has 0 unspecified atom stereocenters. The molecular weight excluding hydrogens is 406 g/mol. The maximum absolute atomic E-state index is 13.0. The van der Waals surface area contributed by atoms with Crippen molar-refractivity contribution in [1.82, 2.24) is 24.8 Å². The number of nitrogens with one attached hydrogen (secondary N) is 2. The Bertz CT molecular complexity index is 1350. The minimum Gasteiger partial charge on any atom is -0.347 e. The molecule has 0 fully saturated rings. The molecule has 0 aliphatic carbocycles. The van der Waals surface area contributed by atoms with E-state index in [1.165, 1.54) is 22.2 Å². The van der Waals surface area contributed by atoms with Crippen molar-refractivity contribution in [3.8, 4) is 10.4 Å². The highest BCUT2D eigenvalue weighted by atomic mass is 32.1. The van der Waals surface area contributed by atoms with Gasteiger partial charge in [0.1, 0.15) is 17.2 Å². The van der Waals surface area contributed by atoms with Gasteiger partial charge in [-0.1, -0.05) is 18.2 Å². The number of rotatable bonds is 5. The van der Waals surface area contributed by atoms with Gasteiger partial charge < -0.3 is 10.3 Å². The summed E-state index contributed by atoms with van der Waals surface area (Å²) in [6.07, 6.45) is 1.43. The molecule has 5 aromatic rings. The van der Waals surface area contributed by atoms with E-state index in [-0.39, 0.29) is 24.6 Å². The molecule has 7 nitrogen and oxygen atoms in total. The van der Waals surface area contributed by atoms with Gasteiger partial charge in [-0.25, -0.2) is 9.97 Å². The predicted molar refractivity (Wildman–Crippen MR) is 115 cm³/mol. The van der Waals surface area contributed by atoms with Gasteiger partial charge in [-0.2, -0.15) is 0 Å². The number of amides is 1. The van der Waals surface area contributed by atoms with Gasteiger partial charge in [0.15, 0.2) is 0 Å². The molecule has 0 radical (unpaired) electrons. The van der Waals surface area contributed by atoms with Gasteiger partial charge in [-0.05, 0) is 23.6 Å². The van der Waals surface area contributed by atoms with Gasteiger partial charge in [0.05, 0.1) is 29.3 Å². The summed E-state index contributed by atoms with van der Waals surface area (Å²) in [6.45, 7) is 0.165. The smallest absolute Gasteiger partial charge is 0.263 e. The van der Waals surface area contributed by atoms with Crippen LogP contribution in [0.4, 0.5) is 0 Å². The Morgan fingerprint density at radius 2 is 2.07 bits per heavy atom. The van der Waals surface area contributed by atoms with Crippen molar-refractivity contribution < 1.29 is 4.79 Å². The van der Waals surface area contributed by atoms with Crippen molar-refractivity contribution in [2.24, 2.45) is 0 Å². The van der Waals surface area contributed by atoms with Gasteiger partial charge in [0.25, 0.3) is 5.56 Å². The average Bonchev–Trinajstić information content (AvgIpc) is 3.47. The summed E-state index contributed by atoms with van der Waals surface area (Å²) in [6, 6.07) is 11.6. The van der Waals surface area contributed by atoms with E-state index in [4.69, 9.17) is 0 Å². The molecular formula is C20H15N5O2S2. The quantitative estimate of drug-likeness (QED) is 0.455. The third kappa shape index (κ3) is 3.34. The van der Waals surface area contributed by atoms with Crippen molar-refractivity contribution in [2.75, 3.05) is 0 Å². The first-order valence-electron chi connectivity index (χ1n) is 8.90. The van der Waals surface area contributed by atoms with E-state index in [2.05, 4.69) is 20.3 Å². The summed E-state index contributed by atoms with van der Waals surface area (Å²) in [7, 11) is 0. The zero-order chi connectivity index (χ0) is 19.8. The maximum Gasteiger partial charge on any atom is 0.263 e. The largest absolute Gasteiger partial charge is 0.347 e. The Kier molecular flexibility index (Phi) is 4.45. The summed E-state index contributed by atoms with van der Waals surface area (Å²) in [5.74, 6) is 0.389. The number of aromatic nitrogens is 4. The number of H-pyrrole nitrogens is 1. The number of hydrogen-bond donors (Lipinski definition) is 2. The highest BCUT2D eigenvalue weighted by molar-refractivity contribution is 7.18. The number of benzene rings is 1. The molecule has 0 atom stereocenters. The van der Waals surface area contributed by atoms with Crippen LogP contribution in [0.5, 0.6) is 0 Å². The fourth-order valence-electron chi connectivity index (χ4n) is 3.18. The van der Waals surface area contributed by atoms with Crippen LogP contribution in [-0.2, 0) is 17.9 Å². The molecule has 0 saturated carbocycles. The lowest BCUT2D eigenvalue weighted by molar-refractivity contribution is -0.121. The van der Waals surface area contributed by atoms with Gasteiger partial charge in [0.2, 0.25) is 5.91 Å². The van der Waals surface area contributed by atoms with E-state index in [9.17, 15) is 9.59 Å². The Morgan fingerprint density at radius 1 is 1.17 bits per heavy atom. The molecule has 2 N–H and O–H groups in total. The third-order valence-corrected chi connectivity index (χ3v) is 6.34. The van der Waals surface area contributed by atoms with E-state index in [0.29, 0.717) is 16.0 Å². The normalized spacial score (nSPS) is 11.3. The second kappa shape index (κ2) is 7.26. The van der Waals surface area contributed by atoms with Crippen molar-refractivity contribution in [3.05, 3.63) is 69.7 Å². The molecule has 29 heavy (non-hydrogen) atoms. The highest BCUT2D eigenvalue weighted by Crippen LogP contribution is 2.33. The highest BCUT2D eigenvalue weighted by Gasteiger charge is 2.15. The first-order valence-corrected chi connectivity index (χ1v) is 10.7. The molecule has 5 rings (SSSR count). The Labute approximate surface area is 172 Å². The predicted octanol–water partition coefficient (Wildman–Crippen LogP) is 3.38. The van der Waals surface area contributed by atoms with E-state index >= 15 is 0 Å². The topological polar surface area (TPSA) is 92.7 Å². The summed E-state index contributed by atoms with van der Waals surface area (Å²) in [4.78, 5) is 39.0. The Balaban J connectivity index is 1.35. The van der Waals surface area contributed by atoms with Gasteiger partial charge in [-0.15, -0.1) is 22.7 Å². The molecule has 1 aromatic carbocycles. The lowest BCUT2D eigenvalue weighted by atomic mass is 10.2. The number of carbonyl (C=O) groups excluding carboxylic acids is 1. The molecule has 4 heterocycles. The van der Waals surface area contributed by atoms with Gasteiger partial charge in [0, 0.05) is 15.8 Å². The summed E-state index contributed by atoms with van der Waals surface area (Å²) < 4.78 is 1.35. The van der Waals surface area contributed by atoms with Gasteiger partial charge >= 0.3 is 0 Å². The molecule has 4 aromatic heterocycles. The summed E-state index contributed by atoms with van der Waals surface area (Å²) in [5, 5.41) is 7.28. The summed E-state index contributed by atoms with van der Waals surface area (Å²) in [5.41, 5.74) is 2.43. The Morgan fingerprint density at radius 3 is 2.90 bits per heavy atom. The van der Waals surface area contributed by atoms with Crippen molar-refractivity contribution in [2.45, 2.75) is 13.1 Å². The van der Waals surface area contributed by atoms with E-state index in [0.717, 1.165) is 21.5 Å². The van der Waals surface area contributed by atoms with Crippen molar-refractivity contribution >= 4 is 49.8 Å². The number of para-hydroxylation sites is 2. The van der Waals surface area contributed by atoms with Crippen LogP contribution in [0.25, 0.3) is 31.7 Å². The SMILES string of the molecule is O=C(Cn1cnc2scc(-c3cccs3)c2c1=O)NCc1nc2ccccc2[nH]1. The maximum atomic E-state index is 13.0. The minimum absolute atomic E-state index is 0.0955. The van der Waals surface area contributed by atoms with Crippen LogP contribution in [0, 0.1) is 0 Å². The second-order valence-corrected chi connectivity index (χ2v) is 8.27. The fraction of sp³-hybridized carbons (Fsp3) is 0.100. The molecule has 0 bridgehead atoms. The number of carbonyl (C=O) groups is 1. The molecule has 0 aliphatic rings. The van der Waals surface area contributed by atoms with E-state index in [1.807, 2.05) is 47.2 Å². The lowest BCUT2D eigenvalue weighted by Crippen LogP contribution is -2.32. The Hall–Kier alpha value is -3.30. The zero-order valence-corrected chi connectivity index (χ0v) is 16.7. The van der Waals surface area contributed by atoms with Crippen LogP contribution in [0.2, 0.25) is 0 Å². The van der Waals surface area contributed by atoms with Crippen LogP contribution < -0.4 is 10.9 Å². The number of hydrogen-bond acceptors (Lipinski definition) is 6. The van der Waals surface area contributed by atoms with Crippen molar-refractivity contribution in [1.29, 1.82) is 0 Å². The molecule has 0 saturated heterocycles. The van der Waals surface area contributed by atoms with Crippen LogP contribution in [-0.4, -0.2) is 25.4 Å². The monoisotopic (exact) mass is 421 g/mol. The number of imidazole rings is 1. The zero-order valence-electron chi connectivity index (χ0n) is 15.1. The first kappa shape index (κ1) is 17.8. The second-order valence-electron chi connectivity index (χ2n) is 6.46. The molecule has 9 heteroatoms. The summed E-state index contributed by atoms with van der Waals surface area (Å²) >= 11 is 3.01. The van der Waals surface area contributed by atoms with Crippen LogP contribution >= 0.6 is 22.7 Å². The molecule has 1 amide bonds. The minimum atomic E-state index is -0.276. The number of thiophene rings is 2. The van der Waals surface area contributed by atoms with Crippen molar-refractivity contribution in [3.63, 3.8) is 0 Å². The number of aromatic amines is 1. The van der Waals surface area contributed by atoms with E-state index < -0.39 is 0 Å². The lowest BCUT2D eigenvalue weighted by Gasteiger charge is -2.06. The first-order chi connectivity index (χ1) is 14.2. The third-order valence-electron chi connectivity index (χ3n) is 4.55. The van der Waals surface area contributed by atoms with Crippen LogP contribution in [0.1, 0.15) is 5.82 Å². The standard InChI is InChI=1S/C20H15N5O2S2/c26-17(21-8-16-23-13-4-1-2-5-14(13)24-16)9-25-11-22-19-18(20(25)27)12(10-29-19)15-6-3-7-28-15/h1-7,10-11H,8-9H2,(H,21,26)(H,23,24).